The van der Waals surface area contributed by atoms with Crippen molar-refractivity contribution in [2.75, 3.05) is 0 Å². The summed E-state index contributed by atoms with van der Waals surface area (Å²) in [5.74, 6) is 0.135. The van der Waals surface area contributed by atoms with Crippen molar-refractivity contribution in [3.05, 3.63) is 47.0 Å². The number of carbonyl (C=O) groups is 1. The zero-order chi connectivity index (χ0) is 15.8. The van der Waals surface area contributed by atoms with Crippen LogP contribution >= 0.6 is 0 Å². The molecule has 2 saturated carbocycles. The van der Waals surface area contributed by atoms with E-state index in [0.717, 1.165) is 12.8 Å². The number of aliphatic carboxylic acids is 1. The normalized spacial score (nSPS) is 33.7. The van der Waals surface area contributed by atoms with Gasteiger partial charge in [-0.15, -0.1) is 0 Å². The lowest BCUT2D eigenvalue weighted by Gasteiger charge is -2.48. The molecule has 0 aromatic heterocycles. The maximum atomic E-state index is 12.2. The minimum atomic E-state index is -0.576. The molecular formula is C21H26O2. The van der Waals surface area contributed by atoms with Gasteiger partial charge in [-0.05, 0) is 55.9 Å². The van der Waals surface area contributed by atoms with E-state index in [1.54, 1.807) is 11.1 Å². The Bertz CT molecular complexity index is 616. The van der Waals surface area contributed by atoms with Crippen molar-refractivity contribution in [3.63, 3.8) is 0 Å². The molecule has 3 aliphatic carbocycles. The fourth-order valence-electron chi connectivity index (χ4n) is 5.61. The quantitative estimate of drug-likeness (QED) is 0.766. The van der Waals surface area contributed by atoms with Crippen LogP contribution in [0.15, 0.2) is 41.5 Å². The van der Waals surface area contributed by atoms with Crippen LogP contribution in [0.5, 0.6) is 0 Å². The second kappa shape index (κ2) is 6.14. The first-order chi connectivity index (χ1) is 11.3. The smallest absolute Gasteiger partial charge is 0.307 e. The van der Waals surface area contributed by atoms with Gasteiger partial charge in [-0.2, -0.15) is 0 Å². The van der Waals surface area contributed by atoms with Crippen LogP contribution < -0.4 is 0 Å². The molecule has 0 radical (unpaired) electrons. The Hall–Kier alpha value is -1.57. The molecule has 0 bridgehead atoms. The van der Waals surface area contributed by atoms with E-state index in [1.807, 2.05) is 6.07 Å². The zero-order valence-electron chi connectivity index (χ0n) is 13.7. The van der Waals surface area contributed by atoms with E-state index >= 15 is 0 Å². The van der Waals surface area contributed by atoms with Crippen molar-refractivity contribution in [2.24, 2.45) is 17.8 Å². The third-order valence-electron chi connectivity index (χ3n) is 6.45. The molecule has 23 heavy (non-hydrogen) atoms. The predicted molar refractivity (Wildman–Crippen MR) is 91.3 cm³/mol. The number of benzene rings is 1. The van der Waals surface area contributed by atoms with Gasteiger partial charge in [-0.25, -0.2) is 0 Å². The van der Waals surface area contributed by atoms with Crippen LogP contribution in [0.2, 0.25) is 0 Å². The Morgan fingerprint density at radius 2 is 1.48 bits per heavy atom. The monoisotopic (exact) mass is 310 g/mol. The van der Waals surface area contributed by atoms with Gasteiger partial charge in [0.25, 0.3) is 0 Å². The van der Waals surface area contributed by atoms with E-state index < -0.39 is 5.97 Å². The van der Waals surface area contributed by atoms with Gasteiger partial charge in [0.05, 0.1) is 5.92 Å². The van der Waals surface area contributed by atoms with E-state index in [4.69, 9.17) is 0 Å². The van der Waals surface area contributed by atoms with Crippen molar-refractivity contribution in [2.45, 2.75) is 57.3 Å². The summed E-state index contributed by atoms with van der Waals surface area (Å²) >= 11 is 0. The Labute approximate surface area is 138 Å². The number of rotatable bonds is 2. The molecule has 2 unspecified atom stereocenters. The highest BCUT2D eigenvalue weighted by molar-refractivity contribution is 5.73. The van der Waals surface area contributed by atoms with Crippen LogP contribution in [0.4, 0.5) is 0 Å². The van der Waals surface area contributed by atoms with E-state index in [-0.39, 0.29) is 17.8 Å². The van der Waals surface area contributed by atoms with E-state index in [9.17, 15) is 9.90 Å². The number of hydrogen-bond donors (Lipinski definition) is 1. The third-order valence-corrected chi connectivity index (χ3v) is 6.45. The van der Waals surface area contributed by atoms with Gasteiger partial charge in [0.2, 0.25) is 0 Å². The SMILES string of the molecule is O=C(O)[C@H]1C2CCCCC2=C2CCCCC2[C@@H]1c1ccccc1. The maximum Gasteiger partial charge on any atom is 0.307 e. The van der Waals surface area contributed by atoms with Crippen LogP contribution in [-0.2, 0) is 4.79 Å². The Morgan fingerprint density at radius 3 is 2.13 bits per heavy atom. The highest BCUT2D eigenvalue weighted by Gasteiger charge is 2.48. The van der Waals surface area contributed by atoms with Gasteiger partial charge in [0, 0.05) is 5.92 Å². The van der Waals surface area contributed by atoms with Crippen LogP contribution in [0.25, 0.3) is 0 Å². The fraction of sp³-hybridized carbons (Fsp3) is 0.571. The highest BCUT2D eigenvalue weighted by Crippen LogP contribution is 2.56. The Kier molecular flexibility index (Phi) is 4.00. The molecule has 0 spiro atoms. The van der Waals surface area contributed by atoms with Crippen LogP contribution in [0.3, 0.4) is 0 Å². The molecule has 0 saturated heterocycles. The molecule has 4 atom stereocenters. The lowest BCUT2D eigenvalue weighted by molar-refractivity contribution is -0.145. The zero-order valence-corrected chi connectivity index (χ0v) is 13.7. The summed E-state index contributed by atoms with van der Waals surface area (Å²) in [5, 5.41) is 10.1. The topological polar surface area (TPSA) is 37.3 Å². The van der Waals surface area contributed by atoms with Gasteiger partial charge in [0.1, 0.15) is 0 Å². The third kappa shape index (κ3) is 2.52. The number of carboxylic acids is 1. The van der Waals surface area contributed by atoms with Crippen molar-refractivity contribution in [3.8, 4) is 0 Å². The van der Waals surface area contributed by atoms with Gasteiger partial charge in [-0.3, -0.25) is 4.79 Å². The number of fused-ring (bicyclic) bond motifs is 2. The second-order valence-corrected chi connectivity index (χ2v) is 7.56. The van der Waals surface area contributed by atoms with Crippen molar-refractivity contribution < 1.29 is 9.90 Å². The summed E-state index contributed by atoms with van der Waals surface area (Å²) in [5.41, 5.74) is 4.46. The van der Waals surface area contributed by atoms with Gasteiger partial charge in [0.15, 0.2) is 0 Å². The highest BCUT2D eigenvalue weighted by atomic mass is 16.4. The molecule has 2 fully saturated rings. The standard InChI is InChI=1S/C21H26O2/c22-21(23)20-18-13-7-5-11-16(18)15-10-4-6-12-17(15)19(20)14-8-2-1-3-9-14/h1-3,8-9,17-20H,4-7,10-13H2,(H,22,23)/t17?,18?,19-,20-/m0/s1. The summed E-state index contributed by atoms with van der Waals surface area (Å²) in [6.45, 7) is 0. The largest absolute Gasteiger partial charge is 0.481 e. The number of carboxylic acid groups (broad SMARTS) is 1. The second-order valence-electron chi connectivity index (χ2n) is 7.56. The minimum absolute atomic E-state index is 0.177. The summed E-state index contributed by atoms with van der Waals surface area (Å²) < 4.78 is 0. The van der Waals surface area contributed by atoms with Crippen molar-refractivity contribution >= 4 is 5.97 Å². The average Bonchev–Trinajstić information content (AvgIpc) is 2.61. The lowest BCUT2D eigenvalue weighted by Crippen LogP contribution is -2.42. The van der Waals surface area contributed by atoms with Crippen molar-refractivity contribution in [1.29, 1.82) is 0 Å². The van der Waals surface area contributed by atoms with Gasteiger partial charge >= 0.3 is 5.97 Å². The first kappa shape index (κ1) is 15.0. The lowest BCUT2D eigenvalue weighted by atomic mass is 9.56. The van der Waals surface area contributed by atoms with E-state index in [2.05, 4.69) is 24.3 Å². The Morgan fingerprint density at radius 1 is 0.870 bits per heavy atom. The van der Waals surface area contributed by atoms with Crippen molar-refractivity contribution in [1.82, 2.24) is 0 Å². The Balaban J connectivity index is 1.85. The number of allylic oxidation sites excluding steroid dienone is 2. The van der Waals surface area contributed by atoms with E-state index in [1.165, 1.54) is 44.1 Å². The minimum Gasteiger partial charge on any atom is -0.481 e. The predicted octanol–water partition coefficient (Wildman–Crippen LogP) is 5.16. The molecule has 3 aliphatic rings. The van der Waals surface area contributed by atoms with Gasteiger partial charge < -0.3 is 5.11 Å². The van der Waals surface area contributed by atoms with Crippen LogP contribution in [0.1, 0.15) is 62.8 Å². The number of hydrogen-bond acceptors (Lipinski definition) is 1. The summed E-state index contributed by atoms with van der Waals surface area (Å²) in [6.07, 6.45) is 9.61. The molecule has 0 heterocycles. The molecule has 1 N–H and O–H groups in total. The fourth-order valence-corrected chi connectivity index (χ4v) is 5.61. The first-order valence-corrected chi connectivity index (χ1v) is 9.27. The van der Waals surface area contributed by atoms with Gasteiger partial charge in [-0.1, -0.05) is 54.3 Å². The molecule has 1 aromatic carbocycles. The summed E-state index contributed by atoms with van der Waals surface area (Å²) in [7, 11) is 0. The first-order valence-electron chi connectivity index (χ1n) is 9.27. The maximum absolute atomic E-state index is 12.2. The molecule has 0 amide bonds. The average molecular weight is 310 g/mol. The van der Waals surface area contributed by atoms with Crippen LogP contribution in [-0.4, -0.2) is 11.1 Å². The summed E-state index contributed by atoms with van der Waals surface area (Å²) in [4.78, 5) is 12.2. The molecular weight excluding hydrogens is 284 g/mol. The molecule has 4 rings (SSSR count). The summed E-state index contributed by atoms with van der Waals surface area (Å²) in [6, 6.07) is 10.5. The van der Waals surface area contributed by atoms with Crippen LogP contribution in [0, 0.1) is 17.8 Å². The molecule has 2 heteroatoms. The molecule has 0 aliphatic heterocycles. The molecule has 2 nitrogen and oxygen atoms in total. The van der Waals surface area contributed by atoms with E-state index in [0.29, 0.717) is 5.92 Å². The molecule has 122 valence electrons. The molecule has 1 aromatic rings.